The number of carbonyl (C=O) groups excluding carboxylic acids is 1. The van der Waals surface area contributed by atoms with Gasteiger partial charge in [-0.3, -0.25) is 4.90 Å². The highest BCUT2D eigenvalue weighted by molar-refractivity contribution is 6.29. The van der Waals surface area contributed by atoms with E-state index in [-0.39, 0.29) is 5.15 Å². The van der Waals surface area contributed by atoms with Crippen molar-refractivity contribution in [3.8, 4) is 11.4 Å². The van der Waals surface area contributed by atoms with Gasteiger partial charge in [0.1, 0.15) is 22.8 Å². The minimum absolute atomic E-state index is 0.239. The van der Waals surface area contributed by atoms with Gasteiger partial charge in [-0.2, -0.15) is 0 Å². The summed E-state index contributed by atoms with van der Waals surface area (Å²) in [5.41, 5.74) is 0.0957. The molecule has 0 saturated carbocycles. The first-order valence-corrected chi connectivity index (χ1v) is 7.25. The van der Waals surface area contributed by atoms with E-state index >= 15 is 0 Å². The number of carbonyl (C=O) groups is 1. The van der Waals surface area contributed by atoms with Crippen LogP contribution in [-0.2, 0) is 4.74 Å². The number of halogens is 1. The Morgan fingerprint density at radius 1 is 1.41 bits per heavy atom. The summed E-state index contributed by atoms with van der Waals surface area (Å²) in [5.74, 6) is 0.770. The molecule has 0 aliphatic heterocycles. The standard InChI is InChI=1S/C15H18ClN3O3/c1-5-19(14(20)22-15(2,3)4)12-8-11(16)17-13(18-12)10-6-7-21-9-10/h6-9H,5H2,1-4H3. The summed E-state index contributed by atoms with van der Waals surface area (Å²) in [6.07, 6.45) is 2.55. The van der Waals surface area contributed by atoms with Gasteiger partial charge in [0, 0.05) is 12.6 Å². The maximum absolute atomic E-state index is 12.3. The Morgan fingerprint density at radius 3 is 2.68 bits per heavy atom. The molecule has 2 rings (SSSR count). The molecule has 1 amide bonds. The molecule has 0 bridgehead atoms. The van der Waals surface area contributed by atoms with Gasteiger partial charge in [0.15, 0.2) is 5.82 Å². The van der Waals surface area contributed by atoms with Crippen molar-refractivity contribution in [3.63, 3.8) is 0 Å². The highest BCUT2D eigenvalue weighted by Gasteiger charge is 2.24. The number of furan rings is 1. The lowest BCUT2D eigenvalue weighted by Crippen LogP contribution is -2.37. The number of hydrogen-bond donors (Lipinski definition) is 0. The largest absolute Gasteiger partial charge is 0.472 e. The van der Waals surface area contributed by atoms with E-state index in [0.29, 0.717) is 23.8 Å². The minimum atomic E-state index is -0.589. The second-order valence-electron chi connectivity index (χ2n) is 5.61. The van der Waals surface area contributed by atoms with Gasteiger partial charge in [0.25, 0.3) is 0 Å². The molecule has 0 N–H and O–H groups in total. The Bertz CT molecular complexity index is 651. The topological polar surface area (TPSA) is 68.5 Å². The van der Waals surface area contributed by atoms with Gasteiger partial charge in [0.2, 0.25) is 0 Å². The van der Waals surface area contributed by atoms with E-state index in [1.165, 1.54) is 23.5 Å². The lowest BCUT2D eigenvalue weighted by Gasteiger charge is -2.26. The van der Waals surface area contributed by atoms with E-state index in [1.807, 2.05) is 27.7 Å². The fourth-order valence-electron chi connectivity index (χ4n) is 1.77. The molecule has 0 saturated heterocycles. The van der Waals surface area contributed by atoms with Gasteiger partial charge in [-0.15, -0.1) is 0 Å². The van der Waals surface area contributed by atoms with Gasteiger partial charge < -0.3 is 9.15 Å². The van der Waals surface area contributed by atoms with Crippen LogP contribution in [0, 0.1) is 0 Å². The first-order valence-electron chi connectivity index (χ1n) is 6.88. The maximum atomic E-state index is 12.3. The lowest BCUT2D eigenvalue weighted by atomic mass is 10.2. The SMILES string of the molecule is CCN(C(=O)OC(C)(C)C)c1cc(Cl)nc(-c2ccoc2)n1. The molecule has 0 fully saturated rings. The zero-order valence-corrected chi connectivity index (χ0v) is 13.7. The zero-order valence-electron chi connectivity index (χ0n) is 13.0. The van der Waals surface area contributed by atoms with E-state index in [9.17, 15) is 4.79 Å². The Labute approximate surface area is 134 Å². The third kappa shape index (κ3) is 3.98. The fraction of sp³-hybridized carbons (Fsp3) is 0.400. The number of anilines is 1. The van der Waals surface area contributed by atoms with Crippen molar-refractivity contribution in [1.82, 2.24) is 9.97 Å². The van der Waals surface area contributed by atoms with E-state index in [1.54, 1.807) is 6.07 Å². The summed E-state index contributed by atoms with van der Waals surface area (Å²) in [4.78, 5) is 22.2. The summed E-state index contributed by atoms with van der Waals surface area (Å²) in [5, 5.41) is 0.239. The van der Waals surface area contributed by atoms with Crippen LogP contribution in [0.4, 0.5) is 10.6 Å². The second-order valence-corrected chi connectivity index (χ2v) is 6.00. The van der Waals surface area contributed by atoms with Crippen molar-refractivity contribution in [1.29, 1.82) is 0 Å². The lowest BCUT2D eigenvalue weighted by molar-refractivity contribution is 0.0581. The maximum Gasteiger partial charge on any atom is 0.415 e. The molecule has 0 aromatic carbocycles. The van der Waals surface area contributed by atoms with Crippen molar-refractivity contribution in [2.24, 2.45) is 0 Å². The average molecular weight is 324 g/mol. The molecule has 0 aliphatic carbocycles. The molecule has 22 heavy (non-hydrogen) atoms. The first-order chi connectivity index (χ1) is 10.3. The van der Waals surface area contributed by atoms with Crippen LogP contribution in [0.2, 0.25) is 5.15 Å². The van der Waals surface area contributed by atoms with E-state index in [4.69, 9.17) is 20.8 Å². The van der Waals surface area contributed by atoms with E-state index < -0.39 is 11.7 Å². The predicted octanol–water partition coefficient (Wildman–Crippen LogP) is 4.15. The van der Waals surface area contributed by atoms with Crippen LogP contribution in [0.1, 0.15) is 27.7 Å². The van der Waals surface area contributed by atoms with Crippen molar-refractivity contribution in [2.45, 2.75) is 33.3 Å². The molecule has 2 aromatic rings. The molecule has 7 heteroatoms. The van der Waals surface area contributed by atoms with Crippen LogP contribution in [0.3, 0.4) is 0 Å². The predicted molar refractivity (Wildman–Crippen MR) is 84.0 cm³/mol. The third-order valence-electron chi connectivity index (χ3n) is 2.67. The fourth-order valence-corrected chi connectivity index (χ4v) is 1.94. The van der Waals surface area contributed by atoms with E-state index in [2.05, 4.69) is 9.97 Å². The second kappa shape index (κ2) is 6.36. The molecule has 0 radical (unpaired) electrons. The van der Waals surface area contributed by atoms with Crippen LogP contribution < -0.4 is 4.90 Å². The highest BCUT2D eigenvalue weighted by atomic mass is 35.5. The van der Waals surface area contributed by atoms with Gasteiger partial charge >= 0.3 is 6.09 Å². The average Bonchev–Trinajstić information content (AvgIpc) is 2.90. The van der Waals surface area contributed by atoms with E-state index in [0.717, 1.165) is 0 Å². The summed E-state index contributed by atoms with van der Waals surface area (Å²) < 4.78 is 10.4. The van der Waals surface area contributed by atoms with Crippen LogP contribution in [0.15, 0.2) is 29.1 Å². The normalized spacial score (nSPS) is 11.3. The number of nitrogens with zero attached hydrogens (tertiary/aromatic N) is 3. The molecule has 0 atom stereocenters. The van der Waals surface area contributed by atoms with Crippen molar-refractivity contribution in [3.05, 3.63) is 29.8 Å². The molecule has 6 nitrogen and oxygen atoms in total. The summed E-state index contributed by atoms with van der Waals surface area (Å²) in [7, 11) is 0. The Morgan fingerprint density at radius 2 is 2.14 bits per heavy atom. The first kappa shape index (κ1) is 16.3. The molecule has 0 unspecified atom stereocenters. The van der Waals surface area contributed by atoms with Crippen molar-refractivity contribution < 1.29 is 13.9 Å². The molecule has 2 heterocycles. The third-order valence-corrected chi connectivity index (χ3v) is 2.86. The summed E-state index contributed by atoms with van der Waals surface area (Å²) in [6, 6.07) is 3.25. The number of amides is 1. The highest BCUT2D eigenvalue weighted by Crippen LogP contribution is 2.24. The van der Waals surface area contributed by atoms with Crippen LogP contribution in [-0.4, -0.2) is 28.2 Å². The summed E-state index contributed by atoms with van der Waals surface area (Å²) in [6.45, 7) is 7.65. The van der Waals surface area contributed by atoms with Gasteiger partial charge in [-0.05, 0) is 33.8 Å². The molecule has 2 aromatic heterocycles. The quantitative estimate of drug-likeness (QED) is 0.793. The molecular weight excluding hydrogens is 306 g/mol. The van der Waals surface area contributed by atoms with Gasteiger partial charge in [-0.1, -0.05) is 11.6 Å². The van der Waals surface area contributed by atoms with Crippen molar-refractivity contribution >= 4 is 23.5 Å². The van der Waals surface area contributed by atoms with Crippen LogP contribution in [0.25, 0.3) is 11.4 Å². The number of ether oxygens (including phenoxy) is 1. The Kier molecular flexibility index (Phi) is 4.71. The van der Waals surface area contributed by atoms with Gasteiger partial charge in [0.05, 0.1) is 11.8 Å². The number of hydrogen-bond acceptors (Lipinski definition) is 5. The molecule has 0 spiro atoms. The van der Waals surface area contributed by atoms with Crippen LogP contribution in [0.5, 0.6) is 0 Å². The van der Waals surface area contributed by atoms with Crippen molar-refractivity contribution in [2.75, 3.05) is 11.4 Å². The molecule has 118 valence electrons. The minimum Gasteiger partial charge on any atom is -0.472 e. The zero-order chi connectivity index (χ0) is 16.3. The van der Waals surface area contributed by atoms with Crippen LogP contribution >= 0.6 is 11.6 Å². The number of aromatic nitrogens is 2. The smallest absolute Gasteiger partial charge is 0.415 e. The molecule has 0 aliphatic rings. The monoisotopic (exact) mass is 323 g/mol. The number of rotatable bonds is 3. The Hall–Kier alpha value is -2.08. The summed E-state index contributed by atoms with van der Waals surface area (Å²) >= 11 is 6.05. The van der Waals surface area contributed by atoms with Gasteiger partial charge in [-0.25, -0.2) is 14.8 Å². The Balaban J connectivity index is 2.35. The molecular formula is C15H18ClN3O3.